The number of alkyl halides is 1. The molecule has 20 heavy (non-hydrogen) atoms. The monoisotopic (exact) mass is 307 g/mol. The highest BCUT2D eigenvalue weighted by Crippen LogP contribution is 2.38. The Labute approximate surface area is 123 Å². The Balaban J connectivity index is 1.76. The Morgan fingerprint density at radius 2 is 2.05 bits per heavy atom. The summed E-state index contributed by atoms with van der Waals surface area (Å²) in [6.45, 7) is 1.83. The largest absolute Gasteiger partial charge is 0.357 e. The first kappa shape index (κ1) is 13.3. The van der Waals surface area contributed by atoms with Crippen LogP contribution in [0, 0.1) is 6.92 Å². The molecule has 0 aliphatic carbocycles. The molecule has 0 amide bonds. The van der Waals surface area contributed by atoms with Crippen LogP contribution in [0.1, 0.15) is 16.3 Å². The maximum absolute atomic E-state index is 14.1. The van der Waals surface area contributed by atoms with Crippen molar-refractivity contribution >= 4 is 23.1 Å². The van der Waals surface area contributed by atoms with Crippen LogP contribution in [0.3, 0.4) is 0 Å². The lowest BCUT2D eigenvalue weighted by Crippen LogP contribution is -1.82. The maximum Gasteiger partial charge on any atom is 0.212 e. The van der Waals surface area contributed by atoms with Gasteiger partial charge in [-0.15, -0.1) is 10.2 Å². The molecular weight excluding hydrogens is 297 g/mol. The number of hydrogen-bond donors (Lipinski definition) is 0. The van der Waals surface area contributed by atoms with Gasteiger partial charge in [-0.3, -0.25) is 0 Å². The van der Waals surface area contributed by atoms with E-state index in [9.17, 15) is 4.39 Å². The number of hydrogen-bond acceptors (Lipinski definition) is 6. The predicted molar refractivity (Wildman–Crippen MR) is 76.3 cm³/mol. The molecule has 3 rings (SSSR count). The van der Waals surface area contributed by atoms with Crippen LogP contribution in [0.4, 0.5) is 4.39 Å². The summed E-state index contributed by atoms with van der Waals surface area (Å²) in [5.41, 5.74) is 0.177. The average molecular weight is 307 g/mol. The van der Waals surface area contributed by atoms with Gasteiger partial charge in [0.2, 0.25) is 5.50 Å². The molecule has 0 radical (unpaired) electrons. The zero-order valence-corrected chi connectivity index (χ0v) is 12.1. The van der Waals surface area contributed by atoms with Crippen molar-refractivity contribution in [2.75, 3.05) is 0 Å². The lowest BCUT2D eigenvalue weighted by atomic mass is 10.1. The number of aromatic nitrogens is 3. The van der Waals surface area contributed by atoms with Crippen LogP contribution in [-0.4, -0.2) is 15.4 Å². The molecular formula is C13H10FN3OS2. The van der Waals surface area contributed by atoms with Crippen LogP contribution in [0.2, 0.25) is 0 Å². The van der Waals surface area contributed by atoms with Gasteiger partial charge >= 0.3 is 0 Å². The molecule has 0 saturated carbocycles. The van der Waals surface area contributed by atoms with Crippen LogP contribution in [0.5, 0.6) is 0 Å². The second-order valence-corrected chi connectivity index (χ2v) is 6.48. The molecule has 3 aromatic rings. The Morgan fingerprint density at radius 1 is 1.25 bits per heavy atom. The molecule has 1 aromatic carbocycles. The van der Waals surface area contributed by atoms with E-state index in [1.807, 2.05) is 37.3 Å². The number of aryl methyl sites for hydroxylation is 1. The second kappa shape index (κ2) is 5.72. The molecule has 2 heterocycles. The predicted octanol–water partition coefficient (Wildman–Crippen LogP) is 4.26. The fourth-order valence-corrected chi connectivity index (χ4v) is 3.33. The topological polar surface area (TPSA) is 51.8 Å². The minimum Gasteiger partial charge on any atom is -0.357 e. The van der Waals surface area contributed by atoms with Crippen LogP contribution in [0.15, 0.2) is 45.3 Å². The van der Waals surface area contributed by atoms with Gasteiger partial charge in [-0.1, -0.05) is 46.8 Å². The van der Waals surface area contributed by atoms with Crippen molar-refractivity contribution in [1.82, 2.24) is 15.4 Å². The first-order chi connectivity index (χ1) is 9.72. The van der Waals surface area contributed by atoms with Crippen LogP contribution >= 0.6 is 23.1 Å². The molecule has 0 aliphatic heterocycles. The van der Waals surface area contributed by atoms with Gasteiger partial charge in [-0.05, 0) is 18.7 Å². The van der Waals surface area contributed by atoms with Gasteiger partial charge in [0, 0.05) is 11.6 Å². The van der Waals surface area contributed by atoms with E-state index in [4.69, 9.17) is 4.52 Å². The Morgan fingerprint density at radius 3 is 2.75 bits per heavy atom. The summed E-state index contributed by atoms with van der Waals surface area (Å²) in [5, 5.41) is 12.4. The lowest BCUT2D eigenvalue weighted by Gasteiger charge is -1.98. The Hall–Kier alpha value is -1.73. The molecule has 0 bridgehead atoms. The van der Waals surface area contributed by atoms with Crippen molar-refractivity contribution < 1.29 is 8.91 Å². The Bertz CT molecular complexity index is 698. The lowest BCUT2D eigenvalue weighted by molar-refractivity contribution is 0.324. The summed E-state index contributed by atoms with van der Waals surface area (Å²) < 4.78 is 19.8. The van der Waals surface area contributed by atoms with E-state index >= 15 is 0 Å². The molecule has 2 aromatic heterocycles. The normalized spacial score (nSPS) is 12.5. The van der Waals surface area contributed by atoms with E-state index in [2.05, 4.69) is 15.4 Å². The third-order valence-corrected chi connectivity index (χ3v) is 4.43. The number of thioether (sulfide) groups is 1. The number of nitrogens with zero attached hydrogens (tertiary/aromatic N) is 3. The fraction of sp³-hybridized carbons (Fsp3) is 0.154. The second-order valence-electron chi connectivity index (χ2n) is 4.00. The quantitative estimate of drug-likeness (QED) is 0.674. The van der Waals surface area contributed by atoms with Crippen molar-refractivity contribution in [3.05, 3.63) is 47.2 Å². The van der Waals surface area contributed by atoms with Crippen LogP contribution < -0.4 is 0 Å². The summed E-state index contributed by atoms with van der Waals surface area (Å²) in [7, 11) is 0. The highest BCUT2D eigenvalue weighted by molar-refractivity contribution is 8.01. The molecule has 7 heteroatoms. The minimum absolute atomic E-state index is 0.182. The van der Waals surface area contributed by atoms with Gasteiger partial charge < -0.3 is 4.52 Å². The SMILES string of the molecule is Cc1nnc(SC(F)c2cc(-c3ccccc3)no2)s1. The first-order valence-electron chi connectivity index (χ1n) is 5.85. The number of rotatable bonds is 4. The zero-order chi connectivity index (χ0) is 13.9. The summed E-state index contributed by atoms with van der Waals surface area (Å²) >= 11 is 2.32. The molecule has 0 spiro atoms. The van der Waals surface area contributed by atoms with E-state index in [1.165, 1.54) is 11.3 Å². The molecule has 0 N–H and O–H groups in total. The van der Waals surface area contributed by atoms with Gasteiger partial charge in [0.1, 0.15) is 10.7 Å². The van der Waals surface area contributed by atoms with Crippen molar-refractivity contribution in [2.24, 2.45) is 0 Å². The van der Waals surface area contributed by atoms with Gasteiger partial charge in [0.05, 0.1) is 0 Å². The third-order valence-electron chi connectivity index (χ3n) is 2.53. The van der Waals surface area contributed by atoms with E-state index < -0.39 is 5.50 Å². The van der Waals surface area contributed by atoms with Crippen molar-refractivity contribution in [3.8, 4) is 11.3 Å². The summed E-state index contributed by atoms with van der Waals surface area (Å²) in [4.78, 5) is 0. The van der Waals surface area contributed by atoms with Crippen molar-refractivity contribution in [2.45, 2.75) is 16.8 Å². The van der Waals surface area contributed by atoms with Gasteiger partial charge in [-0.25, -0.2) is 4.39 Å². The van der Waals surface area contributed by atoms with E-state index in [1.54, 1.807) is 6.07 Å². The van der Waals surface area contributed by atoms with Crippen molar-refractivity contribution in [1.29, 1.82) is 0 Å². The first-order valence-corrected chi connectivity index (χ1v) is 7.55. The molecule has 0 fully saturated rings. The van der Waals surface area contributed by atoms with E-state index in [0.29, 0.717) is 10.0 Å². The highest BCUT2D eigenvalue weighted by Gasteiger charge is 2.20. The molecule has 1 atom stereocenters. The highest BCUT2D eigenvalue weighted by atomic mass is 32.2. The average Bonchev–Trinajstić information content (AvgIpc) is 3.09. The third kappa shape index (κ3) is 2.88. The molecule has 0 saturated heterocycles. The van der Waals surface area contributed by atoms with Gasteiger partial charge in [0.25, 0.3) is 0 Å². The van der Waals surface area contributed by atoms with E-state index in [-0.39, 0.29) is 5.76 Å². The van der Waals surface area contributed by atoms with Gasteiger partial charge in [0.15, 0.2) is 10.1 Å². The molecule has 102 valence electrons. The van der Waals surface area contributed by atoms with Gasteiger partial charge in [-0.2, -0.15) is 0 Å². The minimum atomic E-state index is -1.34. The Kier molecular flexibility index (Phi) is 3.79. The summed E-state index contributed by atoms with van der Waals surface area (Å²) in [6.07, 6.45) is 0. The maximum atomic E-state index is 14.1. The van der Waals surface area contributed by atoms with E-state index in [0.717, 1.165) is 22.3 Å². The summed E-state index contributed by atoms with van der Waals surface area (Å²) in [6, 6.07) is 11.1. The standard InChI is InChI=1S/C13H10FN3OS2/c1-8-15-16-13(19-8)20-12(14)11-7-10(17-18-11)9-5-3-2-4-6-9/h2-7,12H,1H3. The number of halogens is 1. The molecule has 4 nitrogen and oxygen atoms in total. The molecule has 0 aliphatic rings. The fourth-order valence-electron chi connectivity index (χ4n) is 1.61. The van der Waals surface area contributed by atoms with Crippen LogP contribution in [-0.2, 0) is 0 Å². The van der Waals surface area contributed by atoms with Crippen LogP contribution in [0.25, 0.3) is 11.3 Å². The number of benzene rings is 1. The zero-order valence-electron chi connectivity index (χ0n) is 10.5. The smallest absolute Gasteiger partial charge is 0.212 e. The molecule has 1 unspecified atom stereocenters. The van der Waals surface area contributed by atoms with Crippen molar-refractivity contribution in [3.63, 3.8) is 0 Å². The summed E-state index contributed by atoms with van der Waals surface area (Å²) in [5.74, 6) is 0.182.